The number of benzene rings is 2. The number of ether oxygens (including phenoxy) is 4. The van der Waals surface area contributed by atoms with Crippen molar-refractivity contribution in [2.75, 3.05) is 7.11 Å². The van der Waals surface area contributed by atoms with E-state index in [1.54, 1.807) is 6.07 Å². The van der Waals surface area contributed by atoms with E-state index in [-0.39, 0.29) is 28.4 Å². The fourth-order valence-electron chi connectivity index (χ4n) is 2.60. The Bertz CT molecular complexity index is 938. The van der Waals surface area contributed by atoms with Crippen LogP contribution in [0.1, 0.15) is 22.8 Å². The second-order valence-corrected chi connectivity index (χ2v) is 5.80. The van der Waals surface area contributed by atoms with Crippen molar-refractivity contribution in [1.29, 1.82) is 0 Å². The first-order valence-electron chi connectivity index (χ1n) is 8.25. The van der Waals surface area contributed by atoms with Gasteiger partial charge in [-0.25, -0.2) is 4.79 Å². The van der Waals surface area contributed by atoms with Crippen molar-refractivity contribution in [2.24, 2.45) is 0 Å². The zero-order valence-corrected chi connectivity index (χ0v) is 15.0. The first kappa shape index (κ1) is 19.3. The van der Waals surface area contributed by atoms with Crippen molar-refractivity contribution >= 4 is 17.8 Å². The summed E-state index contributed by atoms with van der Waals surface area (Å²) in [5, 5.41) is 0. The molecule has 0 saturated carbocycles. The molecule has 3 rings (SSSR count). The smallest absolute Gasteiger partial charge is 0.387 e. The predicted molar refractivity (Wildman–Crippen MR) is 94.6 cm³/mol. The molecule has 0 aliphatic carbocycles. The van der Waals surface area contributed by atoms with E-state index in [1.165, 1.54) is 56.5 Å². The molecule has 2 aromatic rings. The Morgan fingerprint density at radius 1 is 1.14 bits per heavy atom. The number of fused-ring (bicyclic) bond motifs is 1. The number of esters is 1. The normalized spacial score (nSPS) is 15.2. The topological polar surface area (TPSA) is 71.1 Å². The van der Waals surface area contributed by atoms with Gasteiger partial charge in [-0.2, -0.15) is 8.78 Å². The Morgan fingerprint density at radius 2 is 1.89 bits per heavy atom. The number of hydrogen-bond donors (Lipinski definition) is 0. The van der Waals surface area contributed by atoms with E-state index in [2.05, 4.69) is 9.47 Å². The number of para-hydroxylation sites is 1. The molecule has 1 heterocycles. The van der Waals surface area contributed by atoms with Crippen LogP contribution in [-0.4, -0.2) is 31.6 Å². The molecule has 146 valence electrons. The Morgan fingerprint density at radius 3 is 2.61 bits per heavy atom. The Balaban J connectivity index is 1.84. The number of alkyl halides is 2. The van der Waals surface area contributed by atoms with Crippen molar-refractivity contribution in [3.05, 3.63) is 59.4 Å². The third kappa shape index (κ3) is 4.11. The van der Waals surface area contributed by atoms with Crippen molar-refractivity contribution in [1.82, 2.24) is 0 Å². The van der Waals surface area contributed by atoms with Crippen LogP contribution in [0, 0.1) is 0 Å². The number of Topliss-reactive ketones (excluding diaryl/α,β-unsaturated/α-hetero) is 1. The van der Waals surface area contributed by atoms with E-state index in [1.807, 2.05) is 0 Å². The lowest BCUT2D eigenvalue weighted by atomic mass is 10.1. The second-order valence-electron chi connectivity index (χ2n) is 5.80. The molecule has 2 aromatic carbocycles. The third-order valence-electron chi connectivity index (χ3n) is 3.91. The lowest BCUT2D eigenvalue weighted by Crippen LogP contribution is -2.24. The van der Waals surface area contributed by atoms with Crippen LogP contribution in [0.25, 0.3) is 6.08 Å². The minimum Gasteiger partial charge on any atom is -0.479 e. The van der Waals surface area contributed by atoms with Gasteiger partial charge in [-0.15, -0.1) is 0 Å². The maximum Gasteiger partial charge on any atom is 0.387 e. The largest absolute Gasteiger partial charge is 0.479 e. The van der Waals surface area contributed by atoms with Gasteiger partial charge in [-0.05, 0) is 31.2 Å². The monoisotopic (exact) mass is 390 g/mol. The van der Waals surface area contributed by atoms with Crippen LogP contribution in [-0.2, 0) is 9.53 Å². The molecule has 1 atom stereocenters. The van der Waals surface area contributed by atoms with Gasteiger partial charge in [0.15, 0.2) is 11.9 Å². The van der Waals surface area contributed by atoms with Crippen molar-refractivity contribution in [2.45, 2.75) is 19.6 Å². The summed E-state index contributed by atoms with van der Waals surface area (Å²) in [6, 6.07) is 10.5. The van der Waals surface area contributed by atoms with Crippen LogP contribution in [0.4, 0.5) is 8.78 Å². The molecule has 0 bridgehead atoms. The summed E-state index contributed by atoms with van der Waals surface area (Å²) in [7, 11) is 1.25. The molecule has 0 radical (unpaired) electrons. The number of methoxy groups -OCH3 is 1. The zero-order valence-electron chi connectivity index (χ0n) is 15.0. The van der Waals surface area contributed by atoms with Gasteiger partial charge in [0.05, 0.1) is 12.7 Å². The van der Waals surface area contributed by atoms with Gasteiger partial charge in [0.1, 0.15) is 17.2 Å². The van der Waals surface area contributed by atoms with Crippen LogP contribution >= 0.6 is 0 Å². The highest BCUT2D eigenvalue weighted by atomic mass is 19.3. The molecule has 0 aromatic heterocycles. The average Bonchev–Trinajstić information content (AvgIpc) is 2.97. The molecule has 0 spiro atoms. The second kappa shape index (κ2) is 8.08. The maximum atomic E-state index is 12.5. The van der Waals surface area contributed by atoms with Gasteiger partial charge in [-0.3, -0.25) is 4.79 Å². The predicted octanol–water partition coefficient (Wildman–Crippen LogP) is 3.84. The molecule has 1 unspecified atom stereocenters. The van der Waals surface area contributed by atoms with E-state index in [9.17, 15) is 18.4 Å². The Labute approximate surface area is 159 Å². The average molecular weight is 390 g/mol. The van der Waals surface area contributed by atoms with Gasteiger partial charge >= 0.3 is 12.6 Å². The number of allylic oxidation sites excluding steroid dienone is 1. The molecule has 6 nitrogen and oxygen atoms in total. The van der Waals surface area contributed by atoms with Crippen molar-refractivity contribution < 1.29 is 37.3 Å². The lowest BCUT2D eigenvalue weighted by molar-refractivity contribution is -0.147. The molecule has 0 N–H and O–H groups in total. The molecular weight excluding hydrogens is 374 g/mol. The van der Waals surface area contributed by atoms with E-state index in [4.69, 9.17) is 9.47 Å². The van der Waals surface area contributed by atoms with Crippen LogP contribution in [0.15, 0.2) is 48.2 Å². The first-order chi connectivity index (χ1) is 13.4. The van der Waals surface area contributed by atoms with Crippen LogP contribution in [0.3, 0.4) is 0 Å². The third-order valence-corrected chi connectivity index (χ3v) is 3.91. The summed E-state index contributed by atoms with van der Waals surface area (Å²) in [6.45, 7) is -1.47. The minimum absolute atomic E-state index is 0.0431. The highest BCUT2D eigenvalue weighted by molar-refractivity contribution is 6.14. The quantitative estimate of drug-likeness (QED) is 0.551. The lowest BCUT2D eigenvalue weighted by Gasteiger charge is -2.12. The highest BCUT2D eigenvalue weighted by Gasteiger charge is 2.28. The van der Waals surface area contributed by atoms with Gasteiger partial charge in [0.25, 0.3) is 0 Å². The Kier molecular flexibility index (Phi) is 5.58. The zero-order chi connectivity index (χ0) is 20.3. The van der Waals surface area contributed by atoms with Crippen LogP contribution < -0.4 is 14.2 Å². The van der Waals surface area contributed by atoms with Gasteiger partial charge in [0, 0.05) is 11.6 Å². The molecule has 1 aliphatic heterocycles. The van der Waals surface area contributed by atoms with Crippen LogP contribution in [0.5, 0.6) is 17.2 Å². The number of halogens is 2. The Hall–Kier alpha value is -3.42. The van der Waals surface area contributed by atoms with Crippen molar-refractivity contribution in [3.63, 3.8) is 0 Å². The molecular formula is C20H16F2O6. The summed E-state index contributed by atoms with van der Waals surface area (Å²) in [5.41, 5.74) is 0.561. The first-order valence-corrected chi connectivity index (χ1v) is 8.25. The summed E-state index contributed by atoms with van der Waals surface area (Å²) in [6.07, 6.45) is 0.492. The highest BCUT2D eigenvalue weighted by Crippen LogP contribution is 2.36. The minimum atomic E-state index is -2.99. The van der Waals surface area contributed by atoms with E-state index >= 15 is 0 Å². The molecule has 1 aliphatic rings. The summed E-state index contributed by atoms with van der Waals surface area (Å²) >= 11 is 0. The number of rotatable bonds is 6. The van der Waals surface area contributed by atoms with E-state index in [0.29, 0.717) is 5.75 Å². The van der Waals surface area contributed by atoms with Crippen LogP contribution in [0.2, 0.25) is 0 Å². The molecule has 0 amide bonds. The fourth-order valence-corrected chi connectivity index (χ4v) is 2.60. The summed E-state index contributed by atoms with van der Waals surface area (Å²) in [5.74, 6) is -0.528. The van der Waals surface area contributed by atoms with E-state index < -0.39 is 24.5 Å². The van der Waals surface area contributed by atoms with Crippen molar-refractivity contribution in [3.8, 4) is 17.2 Å². The van der Waals surface area contributed by atoms with Gasteiger partial charge in [0.2, 0.25) is 5.78 Å². The number of carbonyl (C=O) groups is 2. The van der Waals surface area contributed by atoms with E-state index in [0.717, 1.165) is 0 Å². The number of carbonyl (C=O) groups excluding carboxylic acids is 2. The fraction of sp³-hybridized carbons (Fsp3) is 0.200. The number of hydrogen-bond acceptors (Lipinski definition) is 6. The SMILES string of the molecule is COC(=O)C(C)Oc1ccc2c(c1)O/C(=C\c1ccccc1OC(F)F)C2=O. The summed E-state index contributed by atoms with van der Waals surface area (Å²) < 4.78 is 45.2. The van der Waals surface area contributed by atoms with Gasteiger partial charge in [-0.1, -0.05) is 18.2 Å². The molecule has 8 heteroatoms. The maximum absolute atomic E-state index is 12.5. The molecule has 0 saturated heterocycles. The van der Waals surface area contributed by atoms with Gasteiger partial charge < -0.3 is 18.9 Å². The molecule has 0 fully saturated rings. The standard InChI is InChI=1S/C20H16F2O6/c1-11(19(24)25-2)26-13-7-8-14-16(10-13)27-17(18(14)23)9-12-5-3-4-6-15(12)28-20(21)22/h3-11,20H,1-2H3/b17-9-. The summed E-state index contributed by atoms with van der Waals surface area (Å²) in [4.78, 5) is 24.0. The number of ketones is 1. The molecule has 28 heavy (non-hydrogen) atoms.